The molecule has 1 N–H and O–H groups in total. The summed E-state index contributed by atoms with van der Waals surface area (Å²) in [5.41, 5.74) is 1.38. The second-order valence-electron chi connectivity index (χ2n) is 3.49. The van der Waals surface area contributed by atoms with Crippen LogP contribution in [0.25, 0.3) is 0 Å². The lowest BCUT2D eigenvalue weighted by molar-refractivity contribution is 0.214. The van der Waals surface area contributed by atoms with Crippen LogP contribution in [0.15, 0.2) is 34.9 Å². The Hall–Kier alpha value is -0.840. The van der Waals surface area contributed by atoms with Gasteiger partial charge in [-0.15, -0.1) is 0 Å². The molecule has 0 aliphatic heterocycles. The van der Waals surface area contributed by atoms with Crippen molar-refractivity contribution in [3.05, 3.63) is 51.2 Å². The SMILES string of the molecule is Cn1ccc(C(O)c2ccc(Cl)c(Br)c2)n1. The fraction of sp³-hybridized carbons (Fsp3) is 0.182. The number of hydrogen-bond acceptors (Lipinski definition) is 2. The van der Waals surface area contributed by atoms with Crippen molar-refractivity contribution >= 4 is 27.5 Å². The van der Waals surface area contributed by atoms with Gasteiger partial charge in [0.05, 0.1) is 10.7 Å². The summed E-state index contributed by atoms with van der Waals surface area (Å²) < 4.78 is 2.42. The van der Waals surface area contributed by atoms with Gasteiger partial charge < -0.3 is 5.11 Å². The van der Waals surface area contributed by atoms with Crippen LogP contribution in [-0.2, 0) is 7.05 Å². The summed E-state index contributed by atoms with van der Waals surface area (Å²) in [6, 6.07) is 7.11. The fourth-order valence-electron chi connectivity index (χ4n) is 1.43. The molecule has 1 aromatic carbocycles. The van der Waals surface area contributed by atoms with E-state index >= 15 is 0 Å². The maximum Gasteiger partial charge on any atom is 0.123 e. The van der Waals surface area contributed by atoms with Gasteiger partial charge in [0, 0.05) is 17.7 Å². The molecule has 1 unspecified atom stereocenters. The van der Waals surface area contributed by atoms with Crippen LogP contribution in [0, 0.1) is 0 Å². The van der Waals surface area contributed by atoms with Gasteiger partial charge >= 0.3 is 0 Å². The van der Waals surface area contributed by atoms with E-state index in [0.29, 0.717) is 10.7 Å². The average Bonchev–Trinajstić information content (AvgIpc) is 2.68. The van der Waals surface area contributed by atoms with Gasteiger partial charge in [0.15, 0.2) is 0 Å². The molecular formula is C11H10BrClN2O. The summed E-state index contributed by atoms with van der Waals surface area (Å²) in [5.74, 6) is 0. The number of nitrogens with zero attached hydrogens (tertiary/aromatic N) is 2. The Kier molecular flexibility index (Phi) is 3.33. The van der Waals surface area contributed by atoms with Crippen LogP contribution in [0.1, 0.15) is 17.4 Å². The van der Waals surface area contributed by atoms with Crippen LogP contribution in [-0.4, -0.2) is 14.9 Å². The van der Waals surface area contributed by atoms with Crippen LogP contribution in [0.3, 0.4) is 0 Å². The monoisotopic (exact) mass is 300 g/mol. The number of halogens is 2. The molecule has 1 aromatic heterocycles. The largest absolute Gasteiger partial charge is 0.382 e. The van der Waals surface area contributed by atoms with E-state index in [4.69, 9.17) is 11.6 Å². The summed E-state index contributed by atoms with van der Waals surface area (Å²) in [6.45, 7) is 0. The first-order valence-electron chi connectivity index (χ1n) is 4.70. The lowest BCUT2D eigenvalue weighted by Gasteiger charge is -2.09. The molecule has 0 saturated carbocycles. The van der Waals surface area contributed by atoms with E-state index in [2.05, 4.69) is 21.0 Å². The molecule has 84 valence electrons. The molecule has 1 atom stereocenters. The molecule has 2 aromatic rings. The molecule has 0 aliphatic rings. The third-order valence-corrected chi connectivity index (χ3v) is 3.49. The normalized spacial score (nSPS) is 12.8. The Labute approximate surface area is 107 Å². The predicted molar refractivity (Wildman–Crippen MR) is 66.4 cm³/mol. The van der Waals surface area contributed by atoms with Crippen molar-refractivity contribution in [3.63, 3.8) is 0 Å². The first kappa shape index (κ1) is 11.6. The highest BCUT2D eigenvalue weighted by atomic mass is 79.9. The standard InChI is InChI=1S/C11H10BrClN2O/c1-15-5-4-10(14-15)11(16)7-2-3-9(13)8(12)6-7/h2-6,11,16H,1H3. The van der Waals surface area contributed by atoms with Gasteiger partial charge in [-0.2, -0.15) is 5.10 Å². The number of aliphatic hydroxyl groups excluding tert-OH is 1. The van der Waals surface area contributed by atoms with Crippen molar-refractivity contribution in [2.45, 2.75) is 6.10 Å². The second-order valence-corrected chi connectivity index (χ2v) is 4.75. The summed E-state index contributed by atoms with van der Waals surface area (Å²) in [4.78, 5) is 0. The minimum Gasteiger partial charge on any atom is -0.382 e. The molecule has 0 saturated heterocycles. The van der Waals surface area contributed by atoms with Gasteiger partial charge in [-0.3, -0.25) is 4.68 Å². The number of aryl methyl sites for hydroxylation is 1. The van der Waals surface area contributed by atoms with Crippen LogP contribution in [0.4, 0.5) is 0 Å². The highest BCUT2D eigenvalue weighted by molar-refractivity contribution is 9.10. The first-order chi connectivity index (χ1) is 7.58. The molecule has 0 bridgehead atoms. The third kappa shape index (κ3) is 2.29. The summed E-state index contributed by atoms with van der Waals surface area (Å²) in [5, 5.41) is 14.9. The Morgan fingerprint density at radius 1 is 1.44 bits per heavy atom. The smallest absolute Gasteiger partial charge is 0.123 e. The van der Waals surface area contributed by atoms with Crippen molar-refractivity contribution in [1.29, 1.82) is 0 Å². The lowest BCUT2D eigenvalue weighted by Crippen LogP contribution is -2.01. The van der Waals surface area contributed by atoms with Gasteiger partial charge in [-0.25, -0.2) is 0 Å². The number of aromatic nitrogens is 2. The molecule has 0 spiro atoms. The molecule has 5 heteroatoms. The topological polar surface area (TPSA) is 38.0 Å². The molecule has 0 radical (unpaired) electrons. The van der Waals surface area contributed by atoms with Crippen molar-refractivity contribution < 1.29 is 5.11 Å². The van der Waals surface area contributed by atoms with Crippen LogP contribution < -0.4 is 0 Å². The number of hydrogen-bond donors (Lipinski definition) is 1. The van der Waals surface area contributed by atoms with Gasteiger partial charge in [0.1, 0.15) is 6.10 Å². The van der Waals surface area contributed by atoms with Crippen LogP contribution >= 0.6 is 27.5 Å². The Morgan fingerprint density at radius 3 is 2.75 bits per heavy atom. The molecule has 3 nitrogen and oxygen atoms in total. The van der Waals surface area contributed by atoms with E-state index in [1.807, 2.05) is 7.05 Å². The van der Waals surface area contributed by atoms with E-state index in [1.54, 1.807) is 35.1 Å². The van der Waals surface area contributed by atoms with E-state index in [-0.39, 0.29) is 0 Å². The van der Waals surface area contributed by atoms with Crippen molar-refractivity contribution in [1.82, 2.24) is 9.78 Å². The van der Waals surface area contributed by atoms with E-state index in [9.17, 15) is 5.11 Å². The molecule has 1 heterocycles. The number of benzene rings is 1. The molecule has 0 aliphatic carbocycles. The molecule has 0 amide bonds. The number of rotatable bonds is 2. The van der Waals surface area contributed by atoms with Crippen molar-refractivity contribution in [2.24, 2.45) is 7.05 Å². The Bertz CT molecular complexity index is 512. The van der Waals surface area contributed by atoms with E-state index in [1.165, 1.54) is 0 Å². The molecular weight excluding hydrogens is 291 g/mol. The zero-order valence-corrected chi connectivity index (χ0v) is 10.9. The second kappa shape index (κ2) is 4.57. The average molecular weight is 302 g/mol. The summed E-state index contributed by atoms with van der Waals surface area (Å²) >= 11 is 9.21. The Morgan fingerprint density at radius 2 is 2.19 bits per heavy atom. The zero-order chi connectivity index (χ0) is 11.7. The molecule has 16 heavy (non-hydrogen) atoms. The van der Waals surface area contributed by atoms with Crippen LogP contribution in [0.5, 0.6) is 0 Å². The maximum atomic E-state index is 10.1. The molecule has 0 fully saturated rings. The van der Waals surface area contributed by atoms with Crippen molar-refractivity contribution in [2.75, 3.05) is 0 Å². The minimum absolute atomic E-state index is 0.622. The van der Waals surface area contributed by atoms with E-state index in [0.717, 1.165) is 10.0 Å². The maximum absolute atomic E-state index is 10.1. The zero-order valence-electron chi connectivity index (χ0n) is 8.56. The summed E-state index contributed by atoms with van der Waals surface area (Å²) in [6.07, 6.45) is 1.07. The Balaban J connectivity index is 2.33. The van der Waals surface area contributed by atoms with Gasteiger partial charge in [-0.1, -0.05) is 17.7 Å². The summed E-state index contributed by atoms with van der Waals surface area (Å²) in [7, 11) is 1.81. The third-order valence-electron chi connectivity index (χ3n) is 2.27. The van der Waals surface area contributed by atoms with Crippen molar-refractivity contribution in [3.8, 4) is 0 Å². The van der Waals surface area contributed by atoms with E-state index < -0.39 is 6.10 Å². The number of aliphatic hydroxyl groups is 1. The fourth-order valence-corrected chi connectivity index (χ4v) is 1.95. The van der Waals surface area contributed by atoms with Gasteiger partial charge in [0.2, 0.25) is 0 Å². The first-order valence-corrected chi connectivity index (χ1v) is 5.87. The molecule has 2 rings (SSSR count). The highest BCUT2D eigenvalue weighted by Crippen LogP contribution is 2.28. The van der Waals surface area contributed by atoms with Gasteiger partial charge in [-0.05, 0) is 39.7 Å². The quantitative estimate of drug-likeness (QED) is 0.926. The predicted octanol–water partition coefficient (Wildman–Crippen LogP) is 2.92. The van der Waals surface area contributed by atoms with Crippen LogP contribution in [0.2, 0.25) is 5.02 Å². The minimum atomic E-state index is -0.727. The van der Waals surface area contributed by atoms with Gasteiger partial charge in [0.25, 0.3) is 0 Å². The lowest BCUT2D eigenvalue weighted by atomic mass is 10.1. The highest BCUT2D eigenvalue weighted by Gasteiger charge is 2.14.